The predicted octanol–water partition coefficient (Wildman–Crippen LogP) is 2.60. The van der Waals surface area contributed by atoms with E-state index in [1.807, 2.05) is 36.0 Å². The highest BCUT2D eigenvalue weighted by Gasteiger charge is 2.47. The van der Waals surface area contributed by atoms with Gasteiger partial charge in [-0.25, -0.2) is 0 Å². The topological polar surface area (TPSA) is 111 Å². The van der Waals surface area contributed by atoms with Crippen molar-refractivity contribution in [2.24, 2.45) is 5.92 Å². The molecule has 3 aliphatic rings. The molecular weight excluding hydrogens is 524 g/mol. The summed E-state index contributed by atoms with van der Waals surface area (Å²) in [4.78, 5) is 58.5. The van der Waals surface area contributed by atoms with Crippen LogP contribution in [0, 0.1) is 5.92 Å². The van der Waals surface area contributed by atoms with Gasteiger partial charge in [-0.1, -0.05) is 25.5 Å². The maximum Gasteiger partial charge on any atom is 0.308 e. The molecule has 2 fully saturated rings. The van der Waals surface area contributed by atoms with Gasteiger partial charge in [0.2, 0.25) is 17.7 Å². The first-order valence-electron chi connectivity index (χ1n) is 15.2. The first-order valence-corrected chi connectivity index (χ1v) is 15.2. The van der Waals surface area contributed by atoms with Crippen molar-refractivity contribution in [1.82, 2.24) is 19.6 Å². The molecular formula is C31H46N4O6. The number of likely N-dealkylation sites (tertiary alicyclic amines) is 2. The molecule has 1 N–H and O–H groups in total. The van der Waals surface area contributed by atoms with Gasteiger partial charge in [0.25, 0.3) is 0 Å². The van der Waals surface area contributed by atoms with Crippen LogP contribution in [0.15, 0.2) is 18.2 Å². The highest BCUT2D eigenvalue weighted by atomic mass is 16.5. The van der Waals surface area contributed by atoms with E-state index < -0.39 is 17.9 Å². The van der Waals surface area contributed by atoms with E-state index in [0.29, 0.717) is 32.7 Å². The summed E-state index contributed by atoms with van der Waals surface area (Å²) in [5.74, 6) is -1.56. The number of nitrogens with zero attached hydrogens (tertiary/aromatic N) is 4. The summed E-state index contributed by atoms with van der Waals surface area (Å²) < 4.78 is 5.66. The van der Waals surface area contributed by atoms with Gasteiger partial charge in [-0.2, -0.15) is 0 Å². The number of aliphatic carboxylic acids is 1. The second kappa shape index (κ2) is 14.3. The van der Waals surface area contributed by atoms with Crippen LogP contribution in [0.1, 0.15) is 68.9 Å². The maximum absolute atomic E-state index is 13.7. The summed E-state index contributed by atoms with van der Waals surface area (Å²) >= 11 is 0. The number of imide groups is 1. The van der Waals surface area contributed by atoms with Crippen LogP contribution in [0.5, 0.6) is 5.75 Å². The molecule has 0 radical (unpaired) electrons. The van der Waals surface area contributed by atoms with Gasteiger partial charge < -0.3 is 19.6 Å². The number of carboxylic acids is 1. The van der Waals surface area contributed by atoms with Crippen LogP contribution in [-0.2, 0) is 25.6 Å². The minimum absolute atomic E-state index is 0.00812. The number of carboxylic acid groups (broad SMARTS) is 1. The molecule has 0 spiro atoms. The average molecular weight is 571 g/mol. The smallest absolute Gasteiger partial charge is 0.308 e. The number of unbranched alkanes of at least 4 members (excludes halogenated alkanes) is 2. The van der Waals surface area contributed by atoms with Gasteiger partial charge in [0.05, 0.1) is 19.1 Å². The molecule has 226 valence electrons. The number of fused-ring (bicyclic) bond motifs is 1. The molecule has 41 heavy (non-hydrogen) atoms. The van der Waals surface area contributed by atoms with Crippen molar-refractivity contribution in [1.29, 1.82) is 0 Å². The summed E-state index contributed by atoms with van der Waals surface area (Å²) in [5.41, 5.74) is 2.01. The molecule has 10 nitrogen and oxygen atoms in total. The highest BCUT2D eigenvalue weighted by Crippen LogP contribution is 2.41. The van der Waals surface area contributed by atoms with Crippen LogP contribution < -0.4 is 4.74 Å². The lowest BCUT2D eigenvalue weighted by atomic mass is 9.83. The van der Waals surface area contributed by atoms with Gasteiger partial charge in [0.1, 0.15) is 5.75 Å². The summed E-state index contributed by atoms with van der Waals surface area (Å²) in [6.07, 6.45) is 5.33. The highest BCUT2D eigenvalue weighted by molar-refractivity contribution is 6.01. The van der Waals surface area contributed by atoms with E-state index in [4.69, 9.17) is 4.74 Å². The minimum atomic E-state index is -0.919. The number of amides is 3. The van der Waals surface area contributed by atoms with E-state index in [2.05, 4.69) is 17.9 Å². The Morgan fingerprint density at radius 3 is 2.41 bits per heavy atom. The van der Waals surface area contributed by atoms with Crippen molar-refractivity contribution in [3.8, 4) is 5.75 Å². The first kappa shape index (κ1) is 31.0. The maximum atomic E-state index is 13.7. The van der Waals surface area contributed by atoms with Crippen molar-refractivity contribution in [2.45, 2.75) is 70.3 Å². The number of carbonyl (C=O) groups excluding carboxylic acids is 3. The lowest BCUT2D eigenvalue weighted by Crippen LogP contribution is -2.46. The summed E-state index contributed by atoms with van der Waals surface area (Å²) in [5, 5.41) is 10.5. The average Bonchev–Trinajstić information content (AvgIpc) is 3.63. The van der Waals surface area contributed by atoms with Crippen LogP contribution in [-0.4, -0.2) is 114 Å². The molecule has 0 bridgehead atoms. The molecule has 0 aliphatic carbocycles. The van der Waals surface area contributed by atoms with E-state index >= 15 is 0 Å². The Bertz CT molecular complexity index is 1090. The van der Waals surface area contributed by atoms with Crippen LogP contribution in [0.2, 0.25) is 0 Å². The Hall–Kier alpha value is -2.98. The number of carbonyl (C=O) groups is 4. The molecule has 1 aromatic rings. The fourth-order valence-electron chi connectivity index (χ4n) is 6.48. The Balaban J connectivity index is 1.55. The van der Waals surface area contributed by atoms with Gasteiger partial charge in [0, 0.05) is 57.4 Å². The molecule has 1 aromatic carbocycles. The third kappa shape index (κ3) is 7.65. The fourth-order valence-corrected chi connectivity index (χ4v) is 6.48. The SMILES string of the molecule is CCCCN(CCCCN(C)C)C(=O)CN1C[C@H](c2ccc3c(c2)CCO3)[C@@H](C(=O)O)[C@@H]1CCN1C(=O)CCC1=O. The summed E-state index contributed by atoms with van der Waals surface area (Å²) in [7, 11) is 4.08. The standard InChI is InChI=1S/C31H46N4O6/c1-4-5-15-33(16-7-6-14-32(2)3)29(38)21-34-20-24(22-8-9-26-23(19-22)13-18-41-26)30(31(39)40)25(34)12-17-35-27(36)10-11-28(35)37/h8-9,19,24-25,30H,4-7,10-18,20-21H2,1-3H3,(H,39,40)/t24-,25+,30-/m1/s1. The fraction of sp³-hybridized carbons (Fsp3) is 0.677. The van der Waals surface area contributed by atoms with Gasteiger partial charge in [-0.15, -0.1) is 0 Å². The van der Waals surface area contributed by atoms with Crippen LogP contribution >= 0.6 is 0 Å². The number of ether oxygens (including phenoxy) is 1. The van der Waals surface area contributed by atoms with Gasteiger partial charge >= 0.3 is 5.97 Å². The number of hydrogen-bond donors (Lipinski definition) is 1. The van der Waals surface area contributed by atoms with Gasteiger partial charge in [-0.3, -0.25) is 29.0 Å². The third-order valence-electron chi connectivity index (χ3n) is 8.73. The molecule has 3 heterocycles. The monoisotopic (exact) mass is 570 g/mol. The van der Waals surface area contributed by atoms with Gasteiger partial charge in [-0.05, 0) is 63.5 Å². The lowest BCUT2D eigenvalue weighted by Gasteiger charge is -2.30. The van der Waals surface area contributed by atoms with Crippen molar-refractivity contribution < 1.29 is 29.0 Å². The molecule has 4 rings (SSSR count). The molecule has 2 saturated heterocycles. The lowest BCUT2D eigenvalue weighted by molar-refractivity contribution is -0.144. The molecule has 0 unspecified atom stereocenters. The summed E-state index contributed by atoms with van der Waals surface area (Å²) in [6, 6.07) is 5.44. The predicted molar refractivity (Wildman–Crippen MR) is 155 cm³/mol. The minimum Gasteiger partial charge on any atom is -0.493 e. The third-order valence-corrected chi connectivity index (χ3v) is 8.73. The molecule has 0 saturated carbocycles. The second-order valence-electron chi connectivity index (χ2n) is 11.9. The second-order valence-corrected chi connectivity index (χ2v) is 11.9. The normalized spacial score (nSPS) is 22.4. The van der Waals surface area contributed by atoms with Crippen LogP contribution in [0.3, 0.4) is 0 Å². The van der Waals surface area contributed by atoms with Crippen molar-refractivity contribution in [2.75, 3.05) is 60.0 Å². The van der Waals surface area contributed by atoms with E-state index in [1.54, 1.807) is 0 Å². The Kier molecular flexibility index (Phi) is 10.8. The zero-order chi connectivity index (χ0) is 29.5. The zero-order valence-electron chi connectivity index (χ0n) is 24.8. The molecule has 3 atom stereocenters. The Morgan fingerprint density at radius 1 is 1.02 bits per heavy atom. The van der Waals surface area contributed by atoms with Crippen LogP contribution in [0.25, 0.3) is 0 Å². The molecule has 10 heteroatoms. The van der Waals surface area contributed by atoms with E-state index in [-0.39, 0.29) is 49.6 Å². The van der Waals surface area contributed by atoms with Crippen molar-refractivity contribution >= 4 is 23.7 Å². The quantitative estimate of drug-likeness (QED) is 0.253. The number of hydrogen-bond acceptors (Lipinski definition) is 7. The van der Waals surface area contributed by atoms with E-state index in [1.165, 1.54) is 4.90 Å². The first-order chi connectivity index (χ1) is 19.7. The molecule has 3 aliphatic heterocycles. The van der Waals surface area contributed by atoms with E-state index in [9.17, 15) is 24.3 Å². The van der Waals surface area contributed by atoms with Crippen LogP contribution in [0.4, 0.5) is 0 Å². The number of benzene rings is 1. The number of rotatable bonds is 15. The largest absolute Gasteiger partial charge is 0.493 e. The molecule has 3 amide bonds. The Morgan fingerprint density at radius 2 is 1.73 bits per heavy atom. The zero-order valence-corrected chi connectivity index (χ0v) is 24.8. The van der Waals surface area contributed by atoms with E-state index in [0.717, 1.165) is 55.5 Å². The van der Waals surface area contributed by atoms with Crippen molar-refractivity contribution in [3.05, 3.63) is 29.3 Å². The molecule has 0 aromatic heterocycles. The van der Waals surface area contributed by atoms with Crippen molar-refractivity contribution in [3.63, 3.8) is 0 Å². The summed E-state index contributed by atoms with van der Waals surface area (Å²) in [6.45, 7) is 5.78. The van der Waals surface area contributed by atoms with Gasteiger partial charge in [0.15, 0.2) is 0 Å². The Labute approximate surface area is 243 Å².